The summed E-state index contributed by atoms with van der Waals surface area (Å²) in [6.45, 7) is 4.86. The fraction of sp³-hybridized carbons (Fsp3) is 0.200. The van der Waals surface area contributed by atoms with Crippen LogP contribution in [0, 0.1) is 13.8 Å². The van der Waals surface area contributed by atoms with Crippen LogP contribution in [-0.2, 0) is 14.8 Å². The zero-order valence-electron chi connectivity index (χ0n) is 16.4. The summed E-state index contributed by atoms with van der Waals surface area (Å²) in [5, 5.41) is 6.44. The van der Waals surface area contributed by atoms with Gasteiger partial charge in [-0.2, -0.15) is 0 Å². The number of para-hydroxylation sites is 1. The van der Waals surface area contributed by atoms with E-state index in [1.165, 1.54) is 20.1 Å². The number of carbonyl (C=O) groups excluding carboxylic acids is 1. The summed E-state index contributed by atoms with van der Waals surface area (Å²) in [5.41, 5.74) is 2.77. The summed E-state index contributed by atoms with van der Waals surface area (Å²) in [4.78, 5) is 11.4. The lowest BCUT2D eigenvalue weighted by Gasteiger charge is -2.14. The number of nitrogens with zero attached hydrogens (tertiary/aromatic N) is 1. The Balaban J connectivity index is 2.10. The summed E-state index contributed by atoms with van der Waals surface area (Å²) in [6.07, 6.45) is 0. The van der Waals surface area contributed by atoms with Gasteiger partial charge in [-0.05, 0) is 43.2 Å². The molecular weight excluding hydrogens is 394 g/mol. The number of anilines is 2. The third-order valence-electron chi connectivity index (χ3n) is 4.28. The fourth-order valence-corrected chi connectivity index (χ4v) is 4.21. The van der Waals surface area contributed by atoms with Crippen molar-refractivity contribution in [2.75, 3.05) is 17.1 Å². The molecule has 0 atom stereocenters. The van der Waals surface area contributed by atoms with Gasteiger partial charge in [0, 0.05) is 6.92 Å². The minimum atomic E-state index is -3.95. The molecule has 2 aromatic carbocycles. The van der Waals surface area contributed by atoms with Crippen molar-refractivity contribution in [3.63, 3.8) is 0 Å². The van der Waals surface area contributed by atoms with E-state index >= 15 is 0 Å². The maximum Gasteiger partial charge on any atom is 0.265 e. The summed E-state index contributed by atoms with van der Waals surface area (Å²) in [6, 6.07) is 11.8. The van der Waals surface area contributed by atoms with E-state index in [0.29, 0.717) is 22.5 Å². The number of carbonyl (C=O) groups is 1. The van der Waals surface area contributed by atoms with Crippen LogP contribution in [0.1, 0.15) is 18.2 Å². The average Bonchev–Trinajstić information content (AvgIpc) is 3.02. The Labute approximate surface area is 168 Å². The standard InChI is InChI=1S/C20H21N3O5S/c1-12-7-5-6-8-16(12)23-29(25,26)18-11-15(9-10-17(18)27-4)19-13(2)22-28-20(19)21-14(3)24/h5-11,23H,1-4H3,(H,21,24). The summed E-state index contributed by atoms with van der Waals surface area (Å²) in [5.74, 6) is 0.00497. The van der Waals surface area contributed by atoms with Gasteiger partial charge in [-0.1, -0.05) is 29.4 Å². The maximum atomic E-state index is 13.1. The largest absolute Gasteiger partial charge is 0.495 e. The second-order valence-electron chi connectivity index (χ2n) is 6.44. The first-order valence-corrected chi connectivity index (χ1v) is 10.2. The minimum Gasteiger partial charge on any atom is -0.495 e. The lowest BCUT2D eigenvalue weighted by atomic mass is 10.1. The molecule has 0 aliphatic rings. The smallest absolute Gasteiger partial charge is 0.265 e. The van der Waals surface area contributed by atoms with Gasteiger partial charge < -0.3 is 9.26 Å². The van der Waals surface area contributed by atoms with Gasteiger partial charge in [0.05, 0.1) is 24.1 Å². The molecule has 0 unspecified atom stereocenters. The van der Waals surface area contributed by atoms with E-state index < -0.39 is 10.0 Å². The normalized spacial score (nSPS) is 11.2. The van der Waals surface area contributed by atoms with Gasteiger partial charge in [0.15, 0.2) is 0 Å². The Morgan fingerprint density at radius 1 is 1.14 bits per heavy atom. The van der Waals surface area contributed by atoms with Crippen LogP contribution in [0.5, 0.6) is 5.75 Å². The molecule has 0 radical (unpaired) electrons. The van der Waals surface area contributed by atoms with E-state index in [1.807, 2.05) is 19.1 Å². The number of methoxy groups -OCH3 is 1. The zero-order valence-corrected chi connectivity index (χ0v) is 17.3. The Morgan fingerprint density at radius 2 is 1.86 bits per heavy atom. The number of ether oxygens (including phenoxy) is 1. The van der Waals surface area contributed by atoms with E-state index in [-0.39, 0.29) is 22.4 Å². The van der Waals surface area contributed by atoms with Gasteiger partial charge in [0.1, 0.15) is 10.6 Å². The van der Waals surface area contributed by atoms with Crippen LogP contribution in [-0.4, -0.2) is 26.6 Å². The van der Waals surface area contributed by atoms with Crippen LogP contribution in [0.3, 0.4) is 0 Å². The molecule has 3 rings (SSSR count). The number of rotatable bonds is 6. The van der Waals surface area contributed by atoms with Gasteiger partial charge in [0.2, 0.25) is 11.8 Å². The van der Waals surface area contributed by atoms with Gasteiger partial charge >= 0.3 is 0 Å². The van der Waals surface area contributed by atoms with Crippen molar-refractivity contribution in [2.24, 2.45) is 0 Å². The van der Waals surface area contributed by atoms with Crippen molar-refractivity contribution in [1.82, 2.24) is 5.16 Å². The van der Waals surface area contributed by atoms with E-state index in [1.54, 1.807) is 31.2 Å². The Kier molecular flexibility index (Phi) is 5.60. The molecule has 9 heteroatoms. The summed E-state index contributed by atoms with van der Waals surface area (Å²) >= 11 is 0. The van der Waals surface area contributed by atoms with Crippen LogP contribution < -0.4 is 14.8 Å². The highest BCUT2D eigenvalue weighted by Gasteiger charge is 2.24. The van der Waals surface area contributed by atoms with Gasteiger partial charge in [-0.25, -0.2) is 8.42 Å². The molecular formula is C20H21N3O5S. The van der Waals surface area contributed by atoms with Crippen LogP contribution in [0.25, 0.3) is 11.1 Å². The molecule has 29 heavy (non-hydrogen) atoms. The summed E-state index contributed by atoms with van der Waals surface area (Å²) < 4.78 is 39.2. The first-order chi connectivity index (χ1) is 13.7. The van der Waals surface area contributed by atoms with Gasteiger partial charge in [-0.15, -0.1) is 0 Å². The third kappa shape index (κ3) is 4.24. The number of aromatic nitrogens is 1. The molecule has 3 aromatic rings. The van der Waals surface area contributed by atoms with Gasteiger partial charge in [0.25, 0.3) is 10.0 Å². The SMILES string of the molecule is COc1ccc(-c2c(C)noc2NC(C)=O)cc1S(=O)(=O)Nc1ccccc1C. The van der Waals surface area contributed by atoms with Crippen molar-refractivity contribution < 1.29 is 22.5 Å². The number of hydrogen-bond acceptors (Lipinski definition) is 6. The van der Waals surface area contributed by atoms with E-state index in [2.05, 4.69) is 15.2 Å². The Bertz CT molecular complexity index is 1170. The lowest BCUT2D eigenvalue weighted by Crippen LogP contribution is -2.15. The molecule has 1 amide bonds. The molecule has 0 bridgehead atoms. The van der Waals surface area contributed by atoms with Crippen molar-refractivity contribution in [2.45, 2.75) is 25.7 Å². The van der Waals surface area contributed by atoms with Crippen LogP contribution >= 0.6 is 0 Å². The number of sulfonamides is 1. The zero-order chi connectivity index (χ0) is 21.2. The van der Waals surface area contributed by atoms with Crippen LogP contribution in [0.4, 0.5) is 11.6 Å². The van der Waals surface area contributed by atoms with Crippen molar-refractivity contribution in [1.29, 1.82) is 0 Å². The van der Waals surface area contributed by atoms with Crippen molar-refractivity contribution in [3.8, 4) is 16.9 Å². The van der Waals surface area contributed by atoms with Crippen LogP contribution in [0.15, 0.2) is 51.9 Å². The van der Waals surface area contributed by atoms with Crippen molar-refractivity contribution in [3.05, 3.63) is 53.7 Å². The molecule has 0 spiro atoms. The molecule has 0 aliphatic carbocycles. The predicted molar refractivity (Wildman–Crippen MR) is 110 cm³/mol. The highest BCUT2D eigenvalue weighted by molar-refractivity contribution is 7.92. The predicted octanol–water partition coefficient (Wildman–Crippen LogP) is 3.73. The fourth-order valence-electron chi connectivity index (χ4n) is 2.88. The quantitative estimate of drug-likeness (QED) is 0.635. The number of nitrogens with one attached hydrogen (secondary N) is 2. The molecule has 0 saturated carbocycles. The Morgan fingerprint density at radius 3 is 2.52 bits per heavy atom. The molecule has 0 saturated heterocycles. The van der Waals surface area contributed by atoms with E-state index in [4.69, 9.17) is 9.26 Å². The molecule has 1 aromatic heterocycles. The number of hydrogen-bond donors (Lipinski definition) is 2. The van der Waals surface area contributed by atoms with E-state index in [0.717, 1.165) is 5.56 Å². The second kappa shape index (κ2) is 7.96. The van der Waals surface area contributed by atoms with Gasteiger partial charge in [-0.3, -0.25) is 14.8 Å². The number of aryl methyl sites for hydroxylation is 2. The Hall–Kier alpha value is -3.33. The average molecular weight is 415 g/mol. The number of benzene rings is 2. The molecule has 0 fully saturated rings. The van der Waals surface area contributed by atoms with E-state index in [9.17, 15) is 13.2 Å². The monoisotopic (exact) mass is 415 g/mol. The van der Waals surface area contributed by atoms with Crippen molar-refractivity contribution >= 4 is 27.5 Å². The topological polar surface area (TPSA) is 111 Å². The second-order valence-corrected chi connectivity index (χ2v) is 8.09. The molecule has 0 aliphatic heterocycles. The van der Waals surface area contributed by atoms with Crippen LogP contribution in [0.2, 0.25) is 0 Å². The first kappa shape index (κ1) is 20.4. The third-order valence-corrected chi connectivity index (χ3v) is 5.67. The molecule has 1 heterocycles. The molecule has 2 N–H and O–H groups in total. The highest BCUT2D eigenvalue weighted by Crippen LogP contribution is 2.36. The number of amides is 1. The molecule has 8 nitrogen and oxygen atoms in total. The first-order valence-electron chi connectivity index (χ1n) is 8.73. The highest BCUT2D eigenvalue weighted by atomic mass is 32.2. The minimum absolute atomic E-state index is 0.0462. The molecule has 152 valence electrons. The maximum absolute atomic E-state index is 13.1. The summed E-state index contributed by atoms with van der Waals surface area (Å²) in [7, 11) is -2.56. The lowest BCUT2D eigenvalue weighted by molar-refractivity contribution is -0.114.